The molecule has 1 saturated carbocycles. The lowest BCUT2D eigenvalue weighted by Gasteiger charge is -2.09. The van der Waals surface area contributed by atoms with Gasteiger partial charge in [0.25, 0.3) is 0 Å². The summed E-state index contributed by atoms with van der Waals surface area (Å²) in [5.41, 5.74) is 7.14. The average Bonchev–Trinajstić information content (AvgIpc) is 3.30. The van der Waals surface area contributed by atoms with Crippen molar-refractivity contribution in [3.63, 3.8) is 0 Å². The maximum atomic E-state index is 14.3. The van der Waals surface area contributed by atoms with Crippen LogP contribution in [0.1, 0.15) is 24.3 Å². The molecule has 0 aliphatic heterocycles. The molecule has 0 bridgehead atoms. The number of nitrogens with zero attached hydrogens (tertiary/aromatic N) is 3. The summed E-state index contributed by atoms with van der Waals surface area (Å²) in [6, 6.07) is 8.56. The Morgan fingerprint density at radius 1 is 1.17 bits per heavy atom. The van der Waals surface area contributed by atoms with E-state index in [-0.39, 0.29) is 0 Å². The molecule has 0 unspecified atom stereocenters. The van der Waals surface area contributed by atoms with Crippen LogP contribution >= 0.6 is 0 Å². The van der Waals surface area contributed by atoms with Crippen molar-refractivity contribution in [1.29, 1.82) is 0 Å². The topological polar surface area (TPSA) is 66.0 Å². The fourth-order valence-corrected chi connectivity index (χ4v) is 2.50. The molecular formula is C17H15FN4O. The first kappa shape index (κ1) is 13.8. The van der Waals surface area contributed by atoms with E-state index in [4.69, 9.17) is 10.5 Å². The van der Waals surface area contributed by atoms with Gasteiger partial charge in [-0.15, -0.1) is 0 Å². The molecule has 23 heavy (non-hydrogen) atoms. The van der Waals surface area contributed by atoms with Crippen LogP contribution in [0.2, 0.25) is 0 Å². The maximum Gasteiger partial charge on any atom is 0.219 e. The highest BCUT2D eigenvalue weighted by Gasteiger charge is 2.23. The van der Waals surface area contributed by atoms with Crippen LogP contribution in [0.5, 0.6) is 11.6 Å². The third-order valence-electron chi connectivity index (χ3n) is 3.83. The van der Waals surface area contributed by atoms with Crippen LogP contribution in [0.25, 0.3) is 5.69 Å². The molecule has 4 rings (SSSR count). The molecule has 2 aromatic heterocycles. The lowest BCUT2D eigenvalue weighted by atomic mass is 10.2. The van der Waals surface area contributed by atoms with Crippen LogP contribution in [0.15, 0.2) is 49.1 Å². The first-order valence-electron chi connectivity index (χ1n) is 7.42. The van der Waals surface area contributed by atoms with Crippen LogP contribution in [0.3, 0.4) is 0 Å². The summed E-state index contributed by atoms with van der Waals surface area (Å²) in [4.78, 5) is 8.07. The number of aromatic nitrogens is 3. The zero-order valence-electron chi connectivity index (χ0n) is 12.3. The van der Waals surface area contributed by atoms with E-state index in [1.807, 2.05) is 12.1 Å². The van der Waals surface area contributed by atoms with Gasteiger partial charge in [-0.2, -0.15) is 0 Å². The van der Waals surface area contributed by atoms with Crippen LogP contribution in [0, 0.1) is 5.82 Å². The molecule has 2 heterocycles. The molecule has 0 spiro atoms. The quantitative estimate of drug-likeness (QED) is 0.798. The van der Waals surface area contributed by atoms with Gasteiger partial charge in [-0.05, 0) is 42.5 Å². The third kappa shape index (κ3) is 2.88. The smallest absolute Gasteiger partial charge is 0.219 e. The number of rotatable bonds is 4. The van der Waals surface area contributed by atoms with Crippen molar-refractivity contribution in [3.05, 3.63) is 60.4 Å². The third-order valence-corrected chi connectivity index (χ3v) is 3.83. The highest BCUT2D eigenvalue weighted by molar-refractivity contribution is 5.42. The van der Waals surface area contributed by atoms with Crippen molar-refractivity contribution in [2.75, 3.05) is 5.73 Å². The molecule has 1 fully saturated rings. The van der Waals surface area contributed by atoms with Crippen molar-refractivity contribution >= 4 is 5.82 Å². The Morgan fingerprint density at radius 2 is 2.04 bits per heavy atom. The summed E-state index contributed by atoms with van der Waals surface area (Å²) < 4.78 is 21.5. The Kier molecular flexibility index (Phi) is 3.22. The minimum absolute atomic E-state index is 0.339. The molecule has 2 N–H and O–H groups in total. The van der Waals surface area contributed by atoms with Gasteiger partial charge < -0.3 is 15.0 Å². The molecule has 0 saturated heterocycles. The summed E-state index contributed by atoms with van der Waals surface area (Å²) >= 11 is 0. The number of anilines is 1. The first-order valence-corrected chi connectivity index (χ1v) is 7.42. The van der Waals surface area contributed by atoms with E-state index < -0.39 is 5.82 Å². The predicted molar refractivity (Wildman–Crippen MR) is 84.2 cm³/mol. The van der Waals surface area contributed by atoms with E-state index in [0.717, 1.165) is 0 Å². The van der Waals surface area contributed by atoms with Gasteiger partial charge in [0, 0.05) is 18.3 Å². The normalized spacial score (nSPS) is 14.0. The minimum atomic E-state index is -0.418. The molecule has 1 aromatic carbocycles. The zero-order valence-corrected chi connectivity index (χ0v) is 12.3. The highest BCUT2D eigenvalue weighted by Crippen LogP contribution is 2.40. The van der Waals surface area contributed by atoms with E-state index in [0.29, 0.717) is 29.1 Å². The molecule has 0 atom stereocenters. The summed E-state index contributed by atoms with van der Waals surface area (Å²) in [6.07, 6.45) is 7.16. The van der Waals surface area contributed by atoms with Crippen LogP contribution in [-0.4, -0.2) is 14.5 Å². The molecule has 1 aliphatic carbocycles. The number of pyridine rings is 1. The van der Waals surface area contributed by atoms with Gasteiger partial charge in [0.05, 0.1) is 11.9 Å². The summed E-state index contributed by atoms with van der Waals surface area (Å²) in [7, 11) is 0. The second-order valence-electron chi connectivity index (χ2n) is 5.62. The highest BCUT2D eigenvalue weighted by atomic mass is 19.1. The number of nitrogen functional groups attached to an aromatic ring is 1. The minimum Gasteiger partial charge on any atom is -0.439 e. The Labute approximate surface area is 132 Å². The second kappa shape index (κ2) is 5.39. The number of hydrogen-bond donors (Lipinski definition) is 1. The molecule has 116 valence electrons. The van der Waals surface area contributed by atoms with E-state index in [1.165, 1.54) is 35.4 Å². The van der Waals surface area contributed by atoms with Crippen molar-refractivity contribution in [3.8, 4) is 17.3 Å². The predicted octanol–water partition coefficient (Wildman–Crippen LogP) is 3.66. The molecule has 1 aliphatic rings. The standard InChI is InChI=1S/C17H15FN4O/c18-14-8-13(3-4-15(14)22-9-16(19)21-10-22)23-17-7-12(5-6-20-17)11-1-2-11/h3-11H,1-2,19H2. The monoisotopic (exact) mass is 310 g/mol. The summed E-state index contributed by atoms with van der Waals surface area (Å²) in [6.45, 7) is 0. The van der Waals surface area contributed by atoms with E-state index >= 15 is 0 Å². The molecule has 5 nitrogen and oxygen atoms in total. The van der Waals surface area contributed by atoms with Crippen LogP contribution < -0.4 is 10.5 Å². The fourth-order valence-electron chi connectivity index (χ4n) is 2.50. The van der Waals surface area contributed by atoms with Crippen molar-refractivity contribution in [2.24, 2.45) is 0 Å². The number of hydrogen-bond acceptors (Lipinski definition) is 4. The summed E-state index contributed by atoms with van der Waals surface area (Å²) in [5.74, 6) is 1.42. The Bertz CT molecular complexity index is 857. The van der Waals surface area contributed by atoms with Gasteiger partial charge in [-0.3, -0.25) is 0 Å². The van der Waals surface area contributed by atoms with Crippen molar-refractivity contribution in [1.82, 2.24) is 14.5 Å². The Balaban J connectivity index is 1.58. The second-order valence-corrected chi connectivity index (χ2v) is 5.62. The van der Waals surface area contributed by atoms with Gasteiger partial charge >= 0.3 is 0 Å². The van der Waals surface area contributed by atoms with E-state index in [1.54, 1.807) is 24.5 Å². The van der Waals surface area contributed by atoms with E-state index in [2.05, 4.69) is 9.97 Å². The van der Waals surface area contributed by atoms with Gasteiger partial charge in [0.15, 0.2) is 5.82 Å². The van der Waals surface area contributed by atoms with Crippen molar-refractivity contribution < 1.29 is 9.13 Å². The largest absolute Gasteiger partial charge is 0.439 e. The Hall–Kier alpha value is -2.89. The van der Waals surface area contributed by atoms with Gasteiger partial charge in [0.1, 0.15) is 17.9 Å². The van der Waals surface area contributed by atoms with Crippen LogP contribution in [0.4, 0.5) is 10.2 Å². The van der Waals surface area contributed by atoms with Gasteiger partial charge in [-0.25, -0.2) is 14.4 Å². The number of halogens is 1. The lowest BCUT2D eigenvalue weighted by Crippen LogP contribution is -1.96. The average molecular weight is 310 g/mol. The maximum absolute atomic E-state index is 14.3. The number of benzene rings is 1. The molecule has 0 amide bonds. The molecule has 6 heteroatoms. The van der Waals surface area contributed by atoms with Gasteiger partial charge in [-0.1, -0.05) is 0 Å². The Morgan fingerprint density at radius 3 is 2.74 bits per heavy atom. The van der Waals surface area contributed by atoms with E-state index in [9.17, 15) is 4.39 Å². The summed E-state index contributed by atoms with van der Waals surface area (Å²) in [5, 5.41) is 0. The molecular weight excluding hydrogens is 295 g/mol. The first-order chi connectivity index (χ1) is 11.2. The SMILES string of the molecule is Nc1cn(-c2ccc(Oc3cc(C4CC4)ccn3)cc2F)cn1. The fraction of sp³-hybridized carbons (Fsp3) is 0.176. The van der Waals surface area contributed by atoms with Crippen molar-refractivity contribution in [2.45, 2.75) is 18.8 Å². The number of nitrogens with two attached hydrogens (primary N) is 1. The number of imidazole rings is 1. The molecule has 0 radical (unpaired) electrons. The lowest BCUT2D eigenvalue weighted by molar-refractivity contribution is 0.457. The number of ether oxygens (including phenoxy) is 1. The van der Waals surface area contributed by atoms with Crippen LogP contribution in [-0.2, 0) is 0 Å². The van der Waals surface area contributed by atoms with Gasteiger partial charge in [0.2, 0.25) is 5.88 Å². The zero-order chi connectivity index (χ0) is 15.8. The molecule has 3 aromatic rings.